The van der Waals surface area contributed by atoms with Gasteiger partial charge in [0, 0.05) is 11.3 Å². The van der Waals surface area contributed by atoms with Gasteiger partial charge in [-0.1, -0.05) is 23.6 Å². The normalized spacial score (nSPS) is 9.56. The summed E-state index contributed by atoms with van der Waals surface area (Å²) >= 11 is 5.66. The molecule has 0 atom stereocenters. The average Bonchev–Trinajstić information content (AvgIpc) is 2.39. The standard InChI is InChI=1S/C13H8ClN3O/c1-2-9-4-3-5-10(6-9)16-13(18)11-7-15-8-12(14)17-11/h1,3-8H,(H,16,18). The van der Waals surface area contributed by atoms with E-state index >= 15 is 0 Å². The third-order valence-corrected chi connectivity index (χ3v) is 2.31. The molecule has 0 fully saturated rings. The third-order valence-electron chi connectivity index (χ3n) is 2.12. The van der Waals surface area contributed by atoms with E-state index < -0.39 is 0 Å². The molecule has 0 unspecified atom stereocenters. The molecule has 1 N–H and O–H groups in total. The van der Waals surface area contributed by atoms with E-state index in [0.717, 1.165) is 0 Å². The number of rotatable bonds is 2. The van der Waals surface area contributed by atoms with E-state index in [2.05, 4.69) is 21.2 Å². The number of hydrogen-bond donors (Lipinski definition) is 1. The van der Waals surface area contributed by atoms with Gasteiger partial charge in [0.25, 0.3) is 5.91 Å². The average molecular weight is 258 g/mol. The molecule has 1 amide bonds. The summed E-state index contributed by atoms with van der Waals surface area (Å²) in [5.74, 6) is 2.10. The van der Waals surface area contributed by atoms with Gasteiger partial charge in [0.05, 0.1) is 12.4 Å². The van der Waals surface area contributed by atoms with Gasteiger partial charge in [-0.15, -0.1) is 6.42 Å². The number of aromatic nitrogens is 2. The van der Waals surface area contributed by atoms with E-state index in [9.17, 15) is 4.79 Å². The van der Waals surface area contributed by atoms with E-state index in [1.165, 1.54) is 12.4 Å². The van der Waals surface area contributed by atoms with Crippen LogP contribution in [0.5, 0.6) is 0 Å². The smallest absolute Gasteiger partial charge is 0.275 e. The Bertz CT molecular complexity index is 634. The molecule has 2 aromatic rings. The monoisotopic (exact) mass is 257 g/mol. The first-order chi connectivity index (χ1) is 8.69. The van der Waals surface area contributed by atoms with Crippen LogP contribution in [0, 0.1) is 12.3 Å². The molecule has 0 aliphatic rings. The second-order valence-electron chi connectivity index (χ2n) is 3.41. The van der Waals surface area contributed by atoms with Gasteiger partial charge in [0.15, 0.2) is 0 Å². The van der Waals surface area contributed by atoms with Gasteiger partial charge in [-0.25, -0.2) is 4.98 Å². The zero-order valence-electron chi connectivity index (χ0n) is 9.22. The molecule has 0 radical (unpaired) electrons. The molecule has 0 aliphatic heterocycles. The summed E-state index contributed by atoms with van der Waals surface area (Å²) in [6.07, 6.45) is 7.98. The predicted octanol–water partition coefficient (Wildman–Crippen LogP) is 2.36. The Morgan fingerprint density at radius 3 is 2.94 bits per heavy atom. The Balaban J connectivity index is 2.19. The Kier molecular flexibility index (Phi) is 3.56. The molecule has 18 heavy (non-hydrogen) atoms. The summed E-state index contributed by atoms with van der Waals surface area (Å²) in [5.41, 5.74) is 1.43. The Morgan fingerprint density at radius 1 is 1.39 bits per heavy atom. The van der Waals surface area contributed by atoms with Crippen molar-refractivity contribution in [3.8, 4) is 12.3 Å². The molecular formula is C13H8ClN3O. The highest BCUT2D eigenvalue weighted by Gasteiger charge is 2.08. The SMILES string of the molecule is C#Cc1cccc(NC(=O)c2cncc(Cl)n2)c1. The number of carbonyl (C=O) groups is 1. The van der Waals surface area contributed by atoms with E-state index in [1.54, 1.807) is 24.3 Å². The number of terminal acetylenes is 1. The fourth-order valence-electron chi connectivity index (χ4n) is 1.33. The number of halogens is 1. The minimum Gasteiger partial charge on any atom is -0.321 e. The predicted molar refractivity (Wildman–Crippen MR) is 69.4 cm³/mol. The van der Waals surface area contributed by atoms with Crippen LogP contribution in [-0.4, -0.2) is 15.9 Å². The summed E-state index contributed by atoms with van der Waals surface area (Å²) in [7, 11) is 0. The van der Waals surface area contributed by atoms with Crippen LogP contribution in [0.4, 0.5) is 5.69 Å². The van der Waals surface area contributed by atoms with Crippen LogP contribution < -0.4 is 5.32 Å². The van der Waals surface area contributed by atoms with Crippen LogP contribution in [0.2, 0.25) is 5.15 Å². The minimum atomic E-state index is -0.390. The highest BCUT2D eigenvalue weighted by Crippen LogP contribution is 2.11. The van der Waals surface area contributed by atoms with Crippen molar-refractivity contribution in [3.05, 3.63) is 53.1 Å². The Labute approximate surface area is 109 Å². The highest BCUT2D eigenvalue weighted by molar-refractivity contribution is 6.29. The van der Waals surface area contributed by atoms with Crippen LogP contribution in [-0.2, 0) is 0 Å². The van der Waals surface area contributed by atoms with Gasteiger partial charge in [-0.2, -0.15) is 0 Å². The molecule has 4 nitrogen and oxygen atoms in total. The number of amides is 1. The van der Waals surface area contributed by atoms with Gasteiger partial charge in [0.2, 0.25) is 0 Å². The first-order valence-corrected chi connectivity index (χ1v) is 5.42. The Hall–Kier alpha value is -2.38. The summed E-state index contributed by atoms with van der Waals surface area (Å²) < 4.78 is 0. The van der Waals surface area contributed by atoms with Gasteiger partial charge in [0.1, 0.15) is 10.8 Å². The first-order valence-electron chi connectivity index (χ1n) is 5.04. The van der Waals surface area contributed by atoms with Crippen molar-refractivity contribution in [2.75, 3.05) is 5.32 Å². The van der Waals surface area contributed by atoms with Gasteiger partial charge < -0.3 is 5.32 Å². The summed E-state index contributed by atoms with van der Waals surface area (Å²) in [5, 5.41) is 2.83. The van der Waals surface area contributed by atoms with E-state index in [0.29, 0.717) is 11.3 Å². The van der Waals surface area contributed by atoms with Crippen molar-refractivity contribution in [2.24, 2.45) is 0 Å². The molecule has 0 spiro atoms. The maximum atomic E-state index is 11.8. The lowest BCUT2D eigenvalue weighted by atomic mass is 10.2. The van der Waals surface area contributed by atoms with E-state index in [4.69, 9.17) is 18.0 Å². The zero-order chi connectivity index (χ0) is 13.0. The maximum Gasteiger partial charge on any atom is 0.275 e. The van der Waals surface area contributed by atoms with Crippen molar-refractivity contribution in [2.45, 2.75) is 0 Å². The lowest BCUT2D eigenvalue weighted by molar-refractivity contribution is 0.102. The topological polar surface area (TPSA) is 54.9 Å². The van der Waals surface area contributed by atoms with Crippen LogP contribution >= 0.6 is 11.6 Å². The summed E-state index contributed by atoms with van der Waals surface area (Å²) in [6, 6.07) is 6.95. The molecule has 1 aromatic carbocycles. The molecule has 0 bridgehead atoms. The van der Waals surface area contributed by atoms with Gasteiger partial charge in [-0.05, 0) is 18.2 Å². The first kappa shape index (κ1) is 12.1. The van der Waals surface area contributed by atoms with Crippen molar-refractivity contribution in [1.82, 2.24) is 9.97 Å². The fraction of sp³-hybridized carbons (Fsp3) is 0. The highest BCUT2D eigenvalue weighted by atomic mass is 35.5. The van der Waals surface area contributed by atoms with Crippen molar-refractivity contribution < 1.29 is 4.79 Å². The van der Waals surface area contributed by atoms with Crippen LogP contribution in [0.1, 0.15) is 16.1 Å². The van der Waals surface area contributed by atoms with E-state index in [1.807, 2.05) is 0 Å². The van der Waals surface area contributed by atoms with Gasteiger partial charge in [-0.3, -0.25) is 9.78 Å². The number of hydrogen-bond acceptors (Lipinski definition) is 3. The molecule has 1 aromatic heterocycles. The molecule has 0 saturated heterocycles. The molecule has 5 heteroatoms. The van der Waals surface area contributed by atoms with Crippen molar-refractivity contribution >= 4 is 23.2 Å². The number of anilines is 1. The molecular weight excluding hydrogens is 250 g/mol. The zero-order valence-corrected chi connectivity index (χ0v) is 9.98. The summed E-state index contributed by atoms with van der Waals surface area (Å²) in [4.78, 5) is 19.5. The molecule has 88 valence electrons. The number of nitrogens with one attached hydrogen (secondary N) is 1. The molecule has 0 aliphatic carbocycles. The maximum absolute atomic E-state index is 11.8. The number of benzene rings is 1. The molecule has 0 saturated carbocycles. The second-order valence-corrected chi connectivity index (χ2v) is 3.79. The largest absolute Gasteiger partial charge is 0.321 e. The number of nitrogens with zero attached hydrogens (tertiary/aromatic N) is 2. The quantitative estimate of drug-likeness (QED) is 0.841. The Morgan fingerprint density at radius 2 is 2.22 bits per heavy atom. The minimum absolute atomic E-state index is 0.147. The van der Waals surface area contributed by atoms with Crippen LogP contribution in [0.25, 0.3) is 0 Å². The third kappa shape index (κ3) is 2.84. The van der Waals surface area contributed by atoms with Crippen molar-refractivity contribution in [1.29, 1.82) is 0 Å². The van der Waals surface area contributed by atoms with Crippen LogP contribution in [0.15, 0.2) is 36.7 Å². The number of carbonyl (C=O) groups excluding carboxylic acids is 1. The second kappa shape index (κ2) is 5.30. The molecule has 1 heterocycles. The fourth-order valence-corrected chi connectivity index (χ4v) is 1.48. The van der Waals surface area contributed by atoms with Crippen molar-refractivity contribution in [3.63, 3.8) is 0 Å². The van der Waals surface area contributed by atoms with Crippen LogP contribution in [0.3, 0.4) is 0 Å². The van der Waals surface area contributed by atoms with E-state index in [-0.39, 0.29) is 16.8 Å². The lowest BCUT2D eigenvalue weighted by Gasteiger charge is -2.04. The lowest BCUT2D eigenvalue weighted by Crippen LogP contribution is -2.14. The van der Waals surface area contributed by atoms with Gasteiger partial charge >= 0.3 is 0 Å². The molecule has 2 rings (SSSR count). The summed E-state index contributed by atoms with van der Waals surface area (Å²) in [6.45, 7) is 0.